The lowest BCUT2D eigenvalue weighted by Gasteiger charge is -2.32. The highest BCUT2D eigenvalue weighted by molar-refractivity contribution is 5.31. The normalized spacial score (nSPS) is 20.2. The van der Waals surface area contributed by atoms with Gasteiger partial charge in [-0.25, -0.2) is 9.97 Å². The third-order valence-electron chi connectivity index (χ3n) is 3.04. The predicted octanol–water partition coefficient (Wildman–Crippen LogP) is 1.47. The Kier molecular flexibility index (Phi) is 4.77. The molecule has 0 aliphatic carbocycles. The summed E-state index contributed by atoms with van der Waals surface area (Å²) in [5.41, 5.74) is -0.944. The second kappa shape index (κ2) is 6.36. The Morgan fingerprint density at radius 3 is 2.95 bits per heavy atom. The van der Waals surface area contributed by atoms with Crippen LogP contribution >= 0.6 is 0 Å². The van der Waals surface area contributed by atoms with E-state index in [4.69, 9.17) is 9.84 Å². The number of piperidine rings is 1. The van der Waals surface area contributed by atoms with Crippen molar-refractivity contribution in [3.8, 4) is 0 Å². The first kappa shape index (κ1) is 15.0. The second-order valence-corrected chi connectivity index (χ2v) is 4.54. The lowest BCUT2D eigenvalue weighted by atomic mass is 10.1. The SMILES string of the molecule is OCCOC1CCCN(c2nccc(C(F)(F)F)n2)C1. The Bertz CT molecular complexity index is 442. The lowest BCUT2D eigenvalue weighted by Crippen LogP contribution is -2.41. The molecule has 2 heterocycles. The van der Waals surface area contributed by atoms with Gasteiger partial charge in [-0.05, 0) is 18.9 Å². The molecule has 0 spiro atoms. The molecule has 1 aromatic rings. The minimum atomic E-state index is -4.47. The summed E-state index contributed by atoms with van der Waals surface area (Å²) < 4.78 is 43.3. The van der Waals surface area contributed by atoms with Crippen molar-refractivity contribution in [1.82, 2.24) is 9.97 Å². The highest BCUT2D eigenvalue weighted by atomic mass is 19.4. The fraction of sp³-hybridized carbons (Fsp3) is 0.667. The molecule has 0 aromatic carbocycles. The van der Waals surface area contributed by atoms with E-state index in [1.54, 1.807) is 4.90 Å². The number of hydrogen-bond acceptors (Lipinski definition) is 5. The van der Waals surface area contributed by atoms with Crippen molar-refractivity contribution in [2.45, 2.75) is 25.1 Å². The Labute approximate surface area is 114 Å². The Morgan fingerprint density at radius 2 is 2.25 bits per heavy atom. The van der Waals surface area contributed by atoms with Crippen molar-refractivity contribution < 1.29 is 23.0 Å². The minimum absolute atomic E-state index is 0.0668. The predicted molar refractivity (Wildman–Crippen MR) is 65.3 cm³/mol. The Hall–Kier alpha value is -1.41. The van der Waals surface area contributed by atoms with Gasteiger partial charge in [0.05, 0.1) is 19.3 Å². The Balaban J connectivity index is 2.07. The third kappa shape index (κ3) is 3.80. The van der Waals surface area contributed by atoms with Gasteiger partial charge in [-0.1, -0.05) is 0 Å². The van der Waals surface area contributed by atoms with Crippen LogP contribution in [0.15, 0.2) is 12.3 Å². The highest BCUT2D eigenvalue weighted by Gasteiger charge is 2.33. The van der Waals surface area contributed by atoms with Crippen LogP contribution < -0.4 is 4.90 Å². The van der Waals surface area contributed by atoms with E-state index in [0.29, 0.717) is 13.1 Å². The summed E-state index contributed by atoms with van der Waals surface area (Å²) in [5.74, 6) is 0.0668. The van der Waals surface area contributed by atoms with Crippen LogP contribution in [0.1, 0.15) is 18.5 Å². The molecule has 0 saturated carbocycles. The van der Waals surface area contributed by atoms with Crippen LogP contribution in [0.25, 0.3) is 0 Å². The maximum Gasteiger partial charge on any atom is 0.433 e. The molecule has 112 valence electrons. The fourth-order valence-corrected chi connectivity index (χ4v) is 2.13. The van der Waals surface area contributed by atoms with Crippen molar-refractivity contribution in [2.75, 3.05) is 31.2 Å². The number of nitrogens with zero attached hydrogens (tertiary/aromatic N) is 3. The van der Waals surface area contributed by atoms with Gasteiger partial charge in [0.25, 0.3) is 0 Å². The van der Waals surface area contributed by atoms with E-state index in [2.05, 4.69) is 9.97 Å². The van der Waals surface area contributed by atoms with Crippen molar-refractivity contribution in [3.05, 3.63) is 18.0 Å². The number of rotatable bonds is 4. The molecule has 1 fully saturated rings. The number of anilines is 1. The molecule has 1 aliphatic heterocycles. The first-order valence-corrected chi connectivity index (χ1v) is 6.38. The summed E-state index contributed by atoms with van der Waals surface area (Å²) in [4.78, 5) is 9.15. The van der Waals surface area contributed by atoms with Gasteiger partial charge in [0, 0.05) is 19.3 Å². The zero-order valence-corrected chi connectivity index (χ0v) is 10.8. The van der Waals surface area contributed by atoms with E-state index in [0.717, 1.165) is 25.1 Å². The molecule has 1 atom stereocenters. The van der Waals surface area contributed by atoms with Crippen LogP contribution in [0.5, 0.6) is 0 Å². The van der Waals surface area contributed by atoms with Gasteiger partial charge in [0.1, 0.15) is 5.69 Å². The molecule has 20 heavy (non-hydrogen) atoms. The smallest absolute Gasteiger partial charge is 0.394 e. The summed E-state index contributed by atoms with van der Waals surface area (Å²) in [6.07, 6.45) is -1.87. The lowest BCUT2D eigenvalue weighted by molar-refractivity contribution is -0.141. The number of ether oxygens (including phenoxy) is 1. The minimum Gasteiger partial charge on any atom is -0.394 e. The van der Waals surface area contributed by atoms with E-state index >= 15 is 0 Å². The molecular weight excluding hydrogens is 275 g/mol. The fourth-order valence-electron chi connectivity index (χ4n) is 2.13. The van der Waals surface area contributed by atoms with Crippen LogP contribution in [0, 0.1) is 0 Å². The summed E-state index contributed by atoms with van der Waals surface area (Å²) in [7, 11) is 0. The molecular formula is C12H16F3N3O2. The molecule has 0 radical (unpaired) electrons. The van der Waals surface area contributed by atoms with Gasteiger partial charge in [-0.15, -0.1) is 0 Å². The molecule has 1 N–H and O–H groups in total. The van der Waals surface area contributed by atoms with Crippen LogP contribution in [0.4, 0.5) is 19.1 Å². The van der Waals surface area contributed by atoms with Crippen molar-refractivity contribution in [3.63, 3.8) is 0 Å². The van der Waals surface area contributed by atoms with Gasteiger partial charge in [-0.3, -0.25) is 0 Å². The average Bonchev–Trinajstić information content (AvgIpc) is 2.45. The quantitative estimate of drug-likeness (QED) is 0.910. The summed E-state index contributed by atoms with van der Waals surface area (Å²) >= 11 is 0. The van der Waals surface area contributed by atoms with E-state index in [1.807, 2.05) is 0 Å². The van der Waals surface area contributed by atoms with E-state index in [1.165, 1.54) is 0 Å². The van der Waals surface area contributed by atoms with E-state index in [9.17, 15) is 13.2 Å². The Morgan fingerprint density at radius 1 is 1.45 bits per heavy atom. The maximum atomic E-state index is 12.6. The van der Waals surface area contributed by atoms with Gasteiger partial charge >= 0.3 is 6.18 Å². The van der Waals surface area contributed by atoms with Gasteiger partial charge in [0.2, 0.25) is 5.95 Å². The summed E-state index contributed by atoms with van der Waals surface area (Å²) in [6.45, 7) is 1.18. The zero-order chi connectivity index (χ0) is 14.6. The van der Waals surface area contributed by atoms with Gasteiger partial charge in [0.15, 0.2) is 0 Å². The molecule has 5 nitrogen and oxygen atoms in total. The van der Waals surface area contributed by atoms with Crippen molar-refractivity contribution in [2.24, 2.45) is 0 Å². The van der Waals surface area contributed by atoms with Gasteiger partial charge in [-0.2, -0.15) is 13.2 Å². The van der Waals surface area contributed by atoms with Crippen molar-refractivity contribution in [1.29, 1.82) is 0 Å². The third-order valence-corrected chi connectivity index (χ3v) is 3.04. The molecule has 2 rings (SSSR count). The highest BCUT2D eigenvalue weighted by Crippen LogP contribution is 2.28. The number of halogens is 3. The first-order chi connectivity index (χ1) is 9.50. The number of aromatic nitrogens is 2. The van der Waals surface area contributed by atoms with Crippen LogP contribution in [0.2, 0.25) is 0 Å². The molecule has 8 heteroatoms. The standard InChI is InChI=1S/C12H16F3N3O2/c13-12(14,15)10-3-4-16-11(17-10)18-5-1-2-9(8-18)20-7-6-19/h3-4,9,19H,1-2,5-8H2. The first-order valence-electron chi connectivity index (χ1n) is 6.38. The number of aliphatic hydroxyl groups is 1. The largest absolute Gasteiger partial charge is 0.433 e. The van der Waals surface area contributed by atoms with Crippen LogP contribution in [-0.4, -0.2) is 47.5 Å². The monoisotopic (exact) mass is 291 g/mol. The van der Waals surface area contributed by atoms with Gasteiger partial charge < -0.3 is 14.7 Å². The summed E-state index contributed by atoms with van der Waals surface area (Å²) in [5, 5.41) is 8.72. The zero-order valence-electron chi connectivity index (χ0n) is 10.8. The number of aliphatic hydroxyl groups excluding tert-OH is 1. The van der Waals surface area contributed by atoms with Crippen LogP contribution in [0.3, 0.4) is 0 Å². The topological polar surface area (TPSA) is 58.5 Å². The molecule has 0 bridgehead atoms. The number of alkyl halides is 3. The van der Waals surface area contributed by atoms with Crippen molar-refractivity contribution >= 4 is 5.95 Å². The summed E-state index contributed by atoms with van der Waals surface area (Å²) in [6, 6.07) is 0.854. The average molecular weight is 291 g/mol. The molecule has 1 unspecified atom stereocenters. The number of hydrogen-bond donors (Lipinski definition) is 1. The molecule has 1 saturated heterocycles. The maximum absolute atomic E-state index is 12.6. The molecule has 0 amide bonds. The molecule has 1 aromatic heterocycles. The van der Waals surface area contributed by atoms with E-state index < -0.39 is 11.9 Å². The molecule has 1 aliphatic rings. The van der Waals surface area contributed by atoms with E-state index in [-0.39, 0.29) is 25.3 Å². The van der Waals surface area contributed by atoms with Crippen LogP contribution in [-0.2, 0) is 10.9 Å². The second-order valence-electron chi connectivity index (χ2n) is 4.54.